The lowest BCUT2D eigenvalue weighted by Crippen LogP contribution is -2.68. The van der Waals surface area contributed by atoms with Gasteiger partial charge < -0.3 is 50.0 Å². The molecule has 2 aromatic carbocycles. The van der Waals surface area contributed by atoms with E-state index in [2.05, 4.69) is 0 Å². The highest BCUT2D eigenvalue weighted by molar-refractivity contribution is 6.08. The number of hydrogen-bond donors (Lipinski definition) is 7. The van der Waals surface area contributed by atoms with E-state index in [4.69, 9.17) is 14.2 Å². The van der Waals surface area contributed by atoms with E-state index in [1.54, 1.807) is 6.92 Å². The summed E-state index contributed by atoms with van der Waals surface area (Å²) in [5.74, 6) is -1.20. The molecular formula is C34H46O12. The molecule has 2 aliphatic heterocycles. The lowest BCUT2D eigenvalue weighted by molar-refractivity contribution is -0.315. The topological polar surface area (TPSA) is 203 Å². The number of aliphatic hydroxyl groups is 5. The molecule has 1 aliphatic carbocycles. The van der Waals surface area contributed by atoms with Gasteiger partial charge in [0.25, 0.3) is 0 Å². The standard InChI is InChI=1S/C34H46O12/c1-17-11-22-12-23(32(41)42)13-24(28(22)29(38)26(17)18(2)37)45-33-30(39)31(40)34(43,25(14-36)46-33)9-8-19-5-3-6-20-15-44-16-21(27(19)20)7-4-10-35/h11-13,19-21,25,27,30-31,33,35-36,38-40,43H,3-10,14-16H2,1-2H3,(H,41,42). The first kappa shape index (κ1) is 34.5. The lowest BCUT2D eigenvalue weighted by Gasteiger charge is -2.50. The van der Waals surface area contributed by atoms with Crippen molar-refractivity contribution in [2.24, 2.45) is 23.7 Å². The van der Waals surface area contributed by atoms with Gasteiger partial charge in [-0.25, -0.2) is 4.79 Å². The van der Waals surface area contributed by atoms with Crippen molar-refractivity contribution in [3.63, 3.8) is 0 Å². The van der Waals surface area contributed by atoms with Crippen molar-refractivity contribution in [1.82, 2.24) is 0 Å². The van der Waals surface area contributed by atoms with Gasteiger partial charge in [0.1, 0.15) is 35.4 Å². The van der Waals surface area contributed by atoms with Gasteiger partial charge in [0.15, 0.2) is 5.78 Å². The van der Waals surface area contributed by atoms with Gasteiger partial charge in [-0.2, -0.15) is 0 Å². The predicted molar refractivity (Wildman–Crippen MR) is 165 cm³/mol. The number of carbonyl (C=O) groups is 2. The van der Waals surface area contributed by atoms with Gasteiger partial charge in [-0.05, 0) is 92.7 Å². The lowest BCUT2D eigenvalue weighted by atomic mass is 9.62. The molecule has 1 saturated carbocycles. The molecule has 3 aliphatic rings. The molecule has 254 valence electrons. The predicted octanol–water partition coefficient (Wildman–Crippen LogP) is 2.54. The Balaban J connectivity index is 1.40. The molecule has 7 N–H and O–H groups in total. The van der Waals surface area contributed by atoms with E-state index in [1.165, 1.54) is 19.1 Å². The molecule has 0 aromatic heterocycles. The SMILES string of the molecule is CC(=O)c1c(C)cc2cc(C(=O)O)cc(OC3OC(CO)C(O)(CCC4CCCC5COCC(CCCO)C45)C(O)C3O)c2c1O. The van der Waals surface area contributed by atoms with Crippen LogP contribution in [0.1, 0.15) is 78.1 Å². The number of hydrogen-bond acceptors (Lipinski definition) is 11. The number of aromatic hydroxyl groups is 1. The first-order valence-electron chi connectivity index (χ1n) is 16.2. The zero-order chi connectivity index (χ0) is 33.3. The minimum absolute atomic E-state index is 0.00606. The van der Waals surface area contributed by atoms with E-state index < -0.39 is 54.3 Å². The summed E-state index contributed by atoms with van der Waals surface area (Å²) in [5, 5.41) is 75.1. The number of phenolic OH excluding ortho intramolecular Hbond substituents is 1. The third-order valence-corrected chi connectivity index (χ3v) is 10.4. The Labute approximate surface area is 267 Å². The highest BCUT2D eigenvalue weighted by Gasteiger charge is 2.56. The second kappa shape index (κ2) is 14.1. The zero-order valence-electron chi connectivity index (χ0n) is 26.3. The molecule has 0 radical (unpaired) electrons. The zero-order valence-corrected chi connectivity index (χ0v) is 26.3. The Kier molecular flexibility index (Phi) is 10.6. The number of ether oxygens (including phenoxy) is 3. The molecule has 12 nitrogen and oxygen atoms in total. The second-order valence-corrected chi connectivity index (χ2v) is 13.3. The summed E-state index contributed by atoms with van der Waals surface area (Å²) in [4.78, 5) is 24.2. The third kappa shape index (κ3) is 6.49. The number of Topliss-reactive ketones (excluding diaryl/α,β-unsaturated/α-hetero) is 1. The highest BCUT2D eigenvalue weighted by atomic mass is 16.7. The molecule has 0 bridgehead atoms. The van der Waals surface area contributed by atoms with E-state index in [9.17, 15) is 45.3 Å². The maximum Gasteiger partial charge on any atom is 0.335 e. The Bertz CT molecular complexity index is 1420. The van der Waals surface area contributed by atoms with Gasteiger partial charge in [-0.15, -0.1) is 0 Å². The van der Waals surface area contributed by atoms with Crippen LogP contribution in [0.2, 0.25) is 0 Å². The first-order chi connectivity index (χ1) is 21.9. The Morgan fingerprint density at radius 1 is 1.07 bits per heavy atom. The Morgan fingerprint density at radius 2 is 1.83 bits per heavy atom. The molecule has 46 heavy (non-hydrogen) atoms. The van der Waals surface area contributed by atoms with Crippen LogP contribution in [-0.4, -0.2) is 104 Å². The maximum absolute atomic E-state index is 12.3. The van der Waals surface area contributed by atoms with Crippen molar-refractivity contribution in [1.29, 1.82) is 0 Å². The van der Waals surface area contributed by atoms with E-state index in [-0.39, 0.29) is 52.5 Å². The normalized spacial score (nSPS) is 33.0. The Morgan fingerprint density at radius 3 is 2.50 bits per heavy atom. The van der Waals surface area contributed by atoms with Crippen LogP contribution in [0.25, 0.3) is 10.8 Å². The van der Waals surface area contributed by atoms with Crippen molar-refractivity contribution < 1.29 is 59.5 Å². The largest absolute Gasteiger partial charge is 0.506 e. The Hall–Kier alpha value is -2.84. The quantitative estimate of drug-likeness (QED) is 0.176. The molecule has 0 spiro atoms. The van der Waals surface area contributed by atoms with Crippen LogP contribution in [-0.2, 0) is 9.47 Å². The van der Waals surface area contributed by atoms with Gasteiger partial charge in [-0.3, -0.25) is 4.79 Å². The molecule has 9 atom stereocenters. The number of carboxylic acid groups (broad SMARTS) is 1. The van der Waals surface area contributed by atoms with E-state index in [1.807, 2.05) is 0 Å². The summed E-state index contributed by atoms with van der Waals surface area (Å²) >= 11 is 0. The number of benzene rings is 2. The van der Waals surface area contributed by atoms with Crippen LogP contribution in [0, 0.1) is 30.6 Å². The fourth-order valence-corrected chi connectivity index (χ4v) is 8.25. The van der Waals surface area contributed by atoms with E-state index in [0.717, 1.165) is 31.7 Å². The molecule has 12 heteroatoms. The number of ketones is 1. The molecule has 5 rings (SSSR count). The van der Waals surface area contributed by atoms with Gasteiger partial charge in [0.2, 0.25) is 6.29 Å². The number of phenols is 1. The van der Waals surface area contributed by atoms with Crippen LogP contribution < -0.4 is 4.74 Å². The van der Waals surface area contributed by atoms with Crippen LogP contribution in [0.15, 0.2) is 18.2 Å². The molecule has 9 unspecified atom stereocenters. The summed E-state index contributed by atoms with van der Waals surface area (Å²) < 4.78 is 17.7. The van der Waals surface area contributed by atoms with Crippen molar-refractivity contribution >= 4 is 22.5 Å². The van der Waals surface area contributed by atoms with Gasteiger partial charge in [-0.1, -0.05) is 18.9 Å². The monoisotopic (exact) mass is 646 g/mol. The fraction of sp³-hybridized carbons (Fsp3) is 0.647. The van der Waals surface area contributed by atoms with Crippen molar-refractivity contribution in [2.75, 3.05) is 26.4 Å². The van der Waals surface area contributed by atoms with E-state index >= 15 is 0 Å². The first-order valence-corrected chi connectivity index (χ1v) is 16.2. The van der Waals surface area contributed by atoms with Crippen molar-refractivity contribution in [3.05, 3.63) is 34.9 Å². The van der Waals surface area contributed by atoms with Crippen LogP contribution in [0.5, 0.6) is 11.5 Å². The van der Waals surface area contributed by atoms with E-state index in [0.29, 0.717) is 43.5 Å². The molecule has 0 amide bonds. The maximum atomic E-state index is 12.3. The molecule has 2 aromatic rings. The highest BCUT2D eigenvalue weighted by Crippen LogP contribution is 2.48. The summed E-state index contributed by atoms with van der Waals surface area (Å²) in [5.41, 5.74) is -1.79. The average molecular weight is 647 g/mol. The molecule has 2 heterocycles. The van der Waals surface area contributed by atoms with Gasteiger partial charge >= 0.3 is 5.97 Å². The number of rotatable bonds is 11. The minimum atomic E-state index is -2.03. The number of carbonyl (C=O) groups excluding carboxylic acids is 1. The van der Waals surface area contributed by atoms with Gasteiger partial charge in [0.05, 0.1) is 23.1 Å². The van der Waals surface area contributed by atoms with Crippen molar-refractivity contribution in [3.8, 4) is 11.5 Å². The van der Waals surface area contributed by atoms with Crippen LogP contribution >= 0.6 is 0 Å². The average Bonchev–Trinajstić information content (AvgIpc) is 3.02. The van der Waals surface area contributed by atoms with Crippen LogP contribution in [0.4, 0.5) is 0 Å². The summed E-state index contributed by atoms with van der Waals surface area (Å²) in [6, 6.07) is 3.96. The fourth-order valence-electron chi connectivity index (χ4n) is 8.25. The summed E-state index contributed by atoms with van der Waals surface area (Å²) in [6.45, 7) is 3.57. The molecular weight excluding hydrogens is 600 g/mol. The molecule has 2 saturated heterocycles. The minimum Gasteiger partial charge on any atom is -0.506 e. The molecule has 3 fully saturated rings. The third-order valence-electron chi connectivity index (χ3n) is 10.4. The van der Waals surface area contributed by atoms with Gasteiger partial charge in [0, 0.05) is 19.8 Å². The summed E-state index contributed by atoms with van der Waals surface area (Å²) in [6.07, 6.45) is -1.63. The number of carboxylic acids is 1. The number of aromatic carboxylic acids is 1. The summed E-state index contributed by atoms with van der Waals surface area (Å²) in [7, 11) is 0. The number of aliphatic hydroxyl groups excluding tert-OH is 4. The second-order valence-electron chi connectivity index (χ2n) is 13.3. The number of fused-ring (bicyclic) bond motifs is 2. The number of aryl methyl sites for hydroxylation is 1. The smallest absolute Gasteiger partial charge is 0.335 e. The van der Waals surface area contributed by atoms with Crippen LogP contribution in [0.3, 0.4) is 0 Å². The van der Waals surface area contributed by atoms with Crippen molar-refractivity contribution in [2.45, 2.75) is 89.0 Å².